The third-order valence-corrected chi connectivity index (χ3v) is 6.00. The Balaban J connectivity index is 2.37. The van der Waals surface area contributed by atoms with Crippen LogP contribution in [0.3, 0.4) is 0 Å². The smallest absolute Gasteiger partial charge is 0.341 e. The molecule has 150 valence electrons. The van der Waals surface area contributed by atoms with Crippen molar-refractivity contribution >= 4 is 38.8 Å². The molecule has 0 saturated heterocycles. The van der Waals surface area contributed by atoms with Gasteiger partial charge in [-0.1, -0.05) is 17.5 Å². The minimum atomic E-state index is -4.00. The first-order chi connectivity index (χ1) is 13.7. The van der Waals surface area contributed by atoms with Crippen LogP contribution in [0, 0.1) is 19.3 Å². The first kappa shape index (κ1) is 20.8. The highest BCUT2D eigenvalue weighted by Gasteiger charge is 2.29. The Bertz CT molecular complexity index is 1260. The quantitative estimate of drug-likeness (QED) is 0.454. The van der Waals surface area contributed by atoms with Crippen LogP contribution in [0.25, 0.3) is 22.6 Å². The molecular weight excluding hydrogens is 416 g/mol. The maximum atomic E-state index is 13.1. The summed E-state index contributed by atoms with van der Waals surface area (Å²) in [4.78, 5) is 21.2. The van der Waals surface area contributed by atoms with E-state index >= 15 is 0 Å². The number of fused-ring (bicyclic) bond motifs is 1. The number of esters is 1. The molecule has 29 heavy (non-hydrogen) atoms. The lowest BCUT2D eigenvalue weighted by Crippen LogP contribution is -2.29. The Kier molecular flexibility index (Phi) is 5.61. The number of nitrogens with zero attached hydrogens (tertiary/aromatic N) is 4. The monoisotopic (exact) mass is 432 g/mol. The lowest BCUT2D eigenvalue weighted by molar-refractivity contribution is 0.0557. The average molecular weight is 433 g/mol. The van der Waals surface area contributed by atoms with Crippen molar-refractivity contribution in [2.45, 2.75) is 6.92 Å². The predicted octanol–water partition coefficient (Wildman–Crippen LogP) is 2.50. The summed E-state index contributed by atoms with van der Waals surface area (Å²) in [6.07, 6.45) is 6.66. The first-order valence-electron chi connectivity index (χ1n) is 8.35. The van der Waals surface area contributed by atoms with E-state index in [-0.39, 0.29) is 23.7 Å². The highest BCUT2D eigenvalue weighted by Crippen LogP contribution is 2.30. The van der Waals surface area contributed by atoms with Crippen molar-refractivity contribution in [1.82, 2.24) is 18.2 Å². The number of aromatic nitrogens is 3. The maximum absolute atomic E-state index is 13.1. The number of aryl methyl sites for hydroxylation is 1. The third-order valence-electron chi connectivity index (χ3n) is 4.01. The Labute approximate surface area is 173 Å². The van der Waals surface area contributed by atoms with Gasteiger partial charge in [-0.3, -0.25) is 4.98 Å². The van der Waals surface area contributed by atoms with Crippen LogP contribution in [0.4, 0.5) is 0 Å². The van der Waals surface area contributed by atoms with Crippen molar-refractivity contribution in [3.8, 4) is 23.9 Å². The van der Waals surface area contributed by atoms with Crippen molar-refractivity contribution in [2.24, 2.45) is 0 Å². The number of ether oxygens (including phenoxy) is 1. The van der Waals surface area contributed by atoms with Crippen LogP contribution in [0.1, 0.15) is 15.9 Å². The number of terminal acetylenes is 1. The summed E-state index contributed by atoms with van der Waals surface area (Å²) < 4.78 is 33.2. The van der Waals surface area contributed by atoms with E-state index in [0.717, 1.165) is 8.28 Å². The summed E-state index contributed by atoms with van der Waals surface area (Å²) in [6.45, 7) is 1.52. The molecule has 0 spiro atoms. The van der Waals surface area contributed by atoms with Gasteiger partial charge in [0.15, 0.2) is 12.4 Å². The molecule has 0 aliphatic heterocycles. The van der Waals surface area contributed by atoms with E-state index in [9.17, 15) is 13.2 Å². The summed E-state index contributed by atoms with van der Waals surface area (Å²) in [5.41, 5.74) is 1.42. The normalized spacial score (nSPS) is 11.6. The number of benzene rings is 1. The van der Waals surface area contributed by atoms with Crippen LogP contribution in [0.15, 0.2) is 30.5 Å². The highest BCUT2D eigenvalue weighted by molar-refractivity contribution is 7.87. The molecular formula is C19H17ClN4O4S. The van der Waals surface area contributed by atoms with Crippen LogP contribution in [-0.2, 0) is 14.9 Å². The molecule has 2 aromatic heterocycles. The molecule has 3 aromatic rings. The number of carbonyl (C=O) groups is 1. The van der Waals surface area contributed by atoms with E-state index in [4.69, 9.17) is 22.8 Å². The Morgan fingerprint density at radius 1 is 1.34 bits per heavy atom. The summed E-state index contributed by atoms with van der Waals surface area (Å²) in [7, 11) is -1.21. The van der Waals surface area contributed by atoms with Gasteiger partial charge < -0.3 is 4.74 Å². The lowest BCUT2D eigenvalue weighted by atomic mass is 10.1. The van der Waals surface area contributed by atoms with Gasteiger partial charge >= 0.3 is 16.2 Å². The molecule has 0 atom stereocenters. The van der Waals surface area contributed by atoms with Gasteiger partial charge in [-0.2, -0.15) is 12.7 Å². The molecule has 8 nitrogen and oxygen atoms in total. The number of imidazole rings is 1. The molecule has 0 aliphatic carbocycles. The average Bonchev–Trinajstić information content (AvgIpc) is 3.04. The number of carbonyl (C=O) groups excluding carboxylic acids is 1. The van der Waals surface area contributed by atoms with E-state index in [1.807, 2.05) is 0 Å². The Morgan fingerprint density at radius 3 is 2.72 bits per heavy atom. The van der Waals surface area contributed by atoms with Crippen LogP contribution in [0.2, 0.25) is 5.02 Å². The van der Waals surface area contributed by atoms with Gasteiger partial charge in [-0.05, 0) is 36.8 Å². The molecule has 2 heterocycles. The molecule has 0 saturated carbocycles. The van der Waals surface area contributed by atoms with E-state index < -0.39 is 16.2 Å². The summed E-state index contributed by atoms with van der Waals surface area (Å²) in [5, 5.41) is 0.390. The van der Waals surface area contributed by atoms with Crippen molar-refractivity contribution in [3.05, 3.63) is 46.6 Å². The number of hydrogen-bond acceptors (Lipinski definition) is 6. The van der Waals surface area contributed by atoms with Crippen LogP contribution >= 0.6 is 11.6 Å². The van der Waals surface area contributed by atoms with E-state index in [1.54, 1.807) is 25.1 Å². The van der Waals surface area contributed by atoms with Crippen molar-refractivity contribution in [3.63, 3.8) is 0 Å². The second kappa shape index (κ2) is 7.83. The molecule has 0 unspecified atom stereocenters. The minimum Gasteiger partial charge on any atom is -0.449 e. The van der Waals surface area contributed by atoms with Gasteiger partial charge in [0.25, 0.3) is 0 Å². The number of halogens is 1. The number of hydrogen-bond donors (Lipinski definition) is 0. The summed E-state index contributed by atoms with van der Waals surface area (Å²) in [5.74, 6) is 1.45. The zero-order chi connectivity index (χ0) is 21.3. The number of rotatable bonds is 5. The van der Waals surface area contributed by atoms with Crippen LogP contribution in [-0.4, -0.2) is 53.3 Å². The van der Waals surface area contributed by atoms with Gasteiger partial charge in [0.1, 0.15) is 5.69 Å². The van der Waals surface area contributed by atoms with Gasteiger partial charge in [-0.25, -0.2) is 13.8 Å². The van der Waals surface area contributed by atoms with Crippen molar-refractivity contribution in [1.29, 1.82) is 0 Å². The molecule has 0 radical (unpaired) electrons. The van der Waals surface area contributed by atoms with Gasteiger partial charge in [0, 0.05) is 25.3 Å². The molecule has 0 amide bonds. The van der Waals surface area contributed by atoms with Crippen molar-refractivity contribution < 1.29 is 17.9 Å². The fraction of sp³-hybridized carbons (Fsp3) is 0.211. The fourth-order valence-corrected chi connectivity index (χ4v) is 3.91. The second-order valence-electron chi connectivity index (χ2n) is 6.31. The number of pyridine rings is 1. The molecule has 10 heteroatoms. The fourth-order valence-electron chi connectivity index (χ4n) is 2.67. The van der Waals surface area contributed by atoms with Crippen LogP contribution in [0.5, 0.6) is 0 Å². The second-order valence-corrected chi connectivity index (χ2v) is 8.74. The van der Waals surface area contributed by atoms with E-state index in [2.05, 4.69) is 15.9 Å². The van der Waals surface area contributed by atoms with Crippen molar-refractivity contribution in [2.75, 3.05) is 20.7 Å². The SMILES string of the molecule is C#CCOC(=O)c1cc(C)cnc1-c1nc2cc(Cl)ccc2n1S(=O)(=O)N(C)C. The third kappa shape index (κ3) is 3.82. The van der Waals surface area contributed by atoms with E-state index in [0.29, 0.717) is 21.6 Å². The molecule has 0 bridgehead atoms. The molecule has 3 rings (SSSR count). The lowest BCUT2D eigenvalue weighted by Gasteiger charge is -2.16. The van der Waals surface area contributed by atoms with Gasteiger partial charge in [0.2, 0.25) is 0 Å². The molecule has 0 aliphatic rings. The minimum absolute atomic E-state index is 0.0383. The van der Waals surface area contributed by atoms with Gasteiger partial charge in [0.05, 0.1) is 16.6 Å². The first-order valence-corrected chi connectivity index (χ1v) is 10.1. The van der Waals surface area contributed by atoms with Crippen LogP contribution < -0.4 is 0 Å². The molecule has 0 fully saturated rings. The summed E-state index contributed by atoms with van der Waals surface area (Å²) in [6, 6.07) is 6.17. The predicted molar refractivity (Wildman–Crippen MR) is 110 cm³/mol. The zero-order valence-electron chi connectivity index (χ0n) is 15.9. The Hall–Kier alpha value is -2.93. The maximum Gasteiger partial charge on any atom is 0.341 e. The summed E-state index contributed by atoms with van der Waals surface area (Å²) >= 11 is 6.05. The molecule has 1 aromatic carbocycles. The Morgan fingerprint density at radius 2 is 2.07 bits per heavy atom. The zero-order valence-corrected chi connectivity index (χ0v) is 17.5. The molecule has 0 N–H and O–H groups in total. The van der Waals surface area contributed by atoms with E-state index in [1.165, 1.54) is 26.4 Å². The highest BCUT2D eigenvalue weighted by atomic mass is 35.5. The topological polar surface area (TPSA) is 94.4 Å². The standard InChI is InChI=1S/C19H17ClN4O4S/c1-5-8-28-19(25)14-9-12(2)11-21-17(14)18-22-15-10-13(20)6-7-16(15)24(18)29(26,27)23(3)4/h1,6-7,9-11H,8H2,2-4H3. The largest absolute Gasteiger partial charge is 0.449 e. The van der Waals surface area contributed by atoms with Gasteiger partial charge in [-0.15, -0.1) is 6.42 Å².